The Morgan fingerprint density at radius 1 is 0.971 bits per heavy atom. The summed E-state index contributed by atoms with van der Waals surface area (Å²) in [5.41, 5.74) is 1.64. The number of thiocarbonyl (C=S) groups is 1. The SMILES string of the molecule is COc1cc(C2c3cccn3CCN2C(=S)Nc2ccc(C(F)(F)F)cc2)cc(OC)c1OC. The first-order valence-corrected chi connectivity index (χ1v) is 10.9. The van der Waals surface area contributed by atoms with Gasteiger partial charge in [-0.2, -0.15) is 13.2 Å². The van der Waals surface area contributed by atoms with E-state index in [0.717, 1.165) is 23.4 Å². The smallest absolute Gasteiger partial charge is 0.416 e. The van der Waals surface area contributed by atoms with Gasteiger partial charge in [0.1, 0.15) is 0 Å². The number of methoxy groups -OCH3 is 3. The maximum Gasteiger partial charge on any atom is 0.416 e. The Morgan fingerprint density at radius 2 is 1.62 bits per heavy atom. The van der Waals surface area contributed by atoms with Crippen molar-refractivity contribution < 1.29 is 27.4 Å². The average molecular weight is 492 g/mol. The van der Waals surface area contributed by atoms with Gasteiger partial charge in [0, 0.05) is 30.7 Å². The number of ether oxygens (including phenoxy) is 3. The molecule has 3 aromatic rings. The van der Waals surface area contributed by atoms with E-state index in [0.29, 0.717) is 41.1 Å². The first-order chi connectivity index (χ1) is 16.3. The molecule has 34 heavy (non-hydrogen) atoms. The molecule has 1 unspecified atom stereocenters. The van der Waals surface area contributed by atoms with E-state index in [1.165, 1.54) is 12.1 Å². The van der Waals surface area contributed by atoms with E-state index < -0.39 is 11.7 Å². The van der Waals surface area contributed by atoms with Gasteiger partial charge in [-0.05, 0) is 66.3 Å². The molecule has 0 amide bonds. The molecule has 0 radical (unpaired) electrons. The molecule has 2 heterocycles. The Hall–Kier alpha value is -3.40. The van der Waals surface area contributed by atoms with Crippen molar-refractivity contribution in [1.29, 1.82) is 0 Å². The quantitative estimate of drug-likeness (QED) is 0.487. The number of nitrogens with one attached hydrogen (secondary N) is 1. The van der Waals surface area contributed by atoms with Gasteiger partial charge in [-0.3, -0.25) is 0 Å². The molecule has 2 aromatic carbocycles. The number of halogens is 3. The number of aromatic nitrogens is 1. The molecule has 1 aliphatic heterocycles. The van der Waals surface area contributed by atoms with Gasteiger partial charge in [-0.15, -0.1) is 0 Å². The molecular weight excluding hydrogens is 467 g/mol. The van der Waals surface area contributed by atoms with E-state index in [1.807, 2.05) is 35.4 Å². The number of nitrogens with zero attached hydrogens (tertiary/aromatic N) is 2. The molecule has 0 spiro atoms. The van der Waals surface area contributed by atoms with E-state index in [9.17, 15) is 13.2 Å². The normalized spacial score (nSPS) is 15.5. The van der Waals surface area contributed by atoms with Crippen molar-refractivity contribution in [2.45, 2.75) is 18.8 Å². The molecule has 0 saturated carbocycles. The summed E-state index contributed by atoms with van der Waals surface area (Å²) in [6.07, 6.45) is -2.39. The molecule has 1 aliphatic rings. The zero-order valence-corrected chi connectivity index (χ0v) is 19.7. The number of rotatable bonds is 5. The molecule has 1 atom stereocenters. The highest BCUT2D eigenvalue weighted by molar-refractivity contribution is 7.80. The van der Waals surface area contributed by atoms with Crippen LogP contribution < -0.4 is 19.5 Å². The van der Waals surface area contributed by atoms with Crippen LogP contribution in [0.5, 0.6) is 17.2 Å². The summed E-state index contributed by atoms with van der Waals surface area (Å²) in [6, 6.07) is 12.3. The van der Waals surface area contributed by atoms with Gasteiger partial charge in [0.2, 0.25) is 5.75 Å². The Balaban J connectivity index is 1.69. The van der Waals surface area contributed by atoms with Crippen molar-refractivity contribution in [2.24, 2.45) is 0 Å². The molecule has 0 aliphatic carbocycles. The lowest BCUT2D eigenvalue weighted by Gasteiger charge is -2.39. The highest BCUT2D eigenvalue weighted by Crippen LogP contribution is 2.43. The van der Waals surface area contributed by atoms with E-state index in [-0.39, 0.29) is 6.04 Å². The maximum absolute atomic E-state index is 12.9. The third-order valence-electron chi connectivity index (χ3n) is 5.77. The Labute approximate surface area is 200 Å². The van der Waals surface area contributed by atoms with Crippen LogP contribution in [0.25, 0.3) is 0 Å². The van der Waals surface area contributed by atoms with E-state index >= 15 is 0 Å². The molecule has 0 bridgehead atoms. The maximum atomic E-state index is 12.9. The second-order valence-electron chi connectivity index (χ2n) is 7.69. The summed E-state index contributed by atoms with van der Waals surface area (Å²) < 4.78 is 57.4. The third kappa shape index (κ3) is 4.50. The van der Waals surface area contributed by atoms with Crippen LogP contribution in [0.1, 0.15) is 22.9 Å². The lowest BCUT2D eigenvalue weighted by atomic mass is 9.99. The predicted molar refractivity (Wildman–Crippen MR) is 127 cm³/mol. The summed E-state index contributed by atoms with van der Waals surface area (Å²) in [6.45, 7) is 1.30. The fourth-order valence-corrected chi connectivity index (χ4v) is 4.46. The molecule has 0 fully saturated rings. The fraction of sp³-hybridized carbons (Fsp3) is 0.292. The second-order valence-corrected chi connectivity index (χ2v) is 8.07. The number of benzene rings is 2. The minimum absolute atomic E-state index is 0.285. The predicted octanol–water partition coefficient (Wildman–Crippen LogP) is 5.33. The minimum atomic E-state index is -4.39. The van der Waals surface area contributed by atoms with Crippen molar-refractivity contribution in [3.05, 3.63) is 71.5 Å². The molecule has 10 heteroatoms. The van der Waals surface area contributed by atoms with Crippen molar-refractivity contribution >= 4 is 23.0 Å². The van der Waals surface area contributed by atoms with Crippen molar-refractivity contribution in [1.82, 2.24) is 9.47 Å². The second kappa shape index (κ2) is 9.46. The van der Waals surface area contributed by atoms with Gasteiger partial charge < -0.3 is 29.0 Å². The summed E-state index contributed by atoms with van der Waals surface area (Å²) in [5, 5.41) is 3.48. The standard InChI is InChI=1S/C24H24F3N3O3S/c1-31-19-13-15(14-20(32-2)22(19)33-3)21-18-5-4-10-29(18)11-12-30(21)23(34)28-17-8-6-16(7-9-17)24(25,26)27/h4-10,13-14,21H,11-12H2,1-3H3,(H,28,34). The third-order valence-corrected chi connectivity index (χ3v) is 6.10. The number of alkyl halides is 3. The zero-order valence-electron chi connectivity index (χ0n) is 18.8. The highest BCUT2D eigenvalue weighted by atomic mass is 32.1. The monoisotopic (exact) mass is 491 g/mol. The molecule has 1 aromatic heterocycles. The lowest BCUT2D eigenvalue weighted by molar-refractivity contribution is -0.137. The van der Waals surface area contributed by atoms with Crippen LogP contribution in [0, 0.1) is 0 Å². The van der Waals surface area contributed by atoms with Crippen LogP contribution in [0.3, 0.4) is 0 Å². The Kier molecular flexibility index (Phi) is 6.60. The molecule has 4 rings (SSSR count). The summed E-state index contributed by atoms with van der Waals surface area (Å²) >= 11 is 5.71. The molecule has 1 N–H and O–H groups in total. The van der Waals surface area contributed by atoms with Crippen molar-refractivity contribution in [3.8, 4) is 17.2 Å². The molecule has 0 saturated heterocycles. The first kappa shape index (κ1) is 23.7. The number of hydrogen-bond acceptors (Lipinski definition) is 4. The molecule has 6 nitrogen and oxygen atoms in total. The molecular formula is C24H24F3N3O3S. The van der Waals surface area contributed by atoms with Gasteiger partial charge in [-0.1, -0.05) is 0 Å². The zero-order chi connectivity index (χ0) is 24.5. The number of fused-ring (bicyclic) bond motifs is 1. The van der Waals surface area contributed by atoms with Crippen LogP contribution in [0.4, 0.5) is 18.9 Å². The van der Waals surface area contributed by atoms with Gasteiger partial charge in [0.05, 0.1) is 32.9 Å². The van der Waals surface area contributed by atoms with Crippen molar-refractivity contribution in [3.63, 3.8) is 0 Å². The average Bonchev–Trinajstić information content (AvgIpc) is 3.31. The Morgan fingerprint density at radius 3 is 2.18 bits per heavy atom. The fourth-order valence-electron chi connectivity index (χ4n) is 4.15. The summed E-state index contributed by atoms with van der Waals surface area (Å²) in [4.78, 5) is 2.00. The van der Waals surface area contributed by atoms with Crippen LogP contribution in [-0.2, 0) is 12.7 Å². The lowest BCUT2D eigenvalue weighted by Crippen LogP contribution is -2.44. The van der Waals surface area contributed by atoms with E-state index in [4.69, 9.17) is 26.4 Å². The van der Waals surface area contributed by atoms with Gasteiger partial charge in [0.15, 0.2) is 16.6 Å². The van der Waals surface area contributed by atoms with Gasteiger partial charge >= 0.3 is 6.18 Å². The molecule has 180 valence electrons. The highest BCUT2D eigenvalue weighted by Gasteiger charge is 2.33. The van der Waals surface area contributed by atoms with Gasteiger partial charge in [0.25, 0.3) is 0 Å². The van der Waals surface area contributed by atoms with E-state index in [1.54, 1.807) is 21.3 Å². The van der Waals surface area contributed by atoms with Crippen LogP contribution in [-0.4, -0.2) is 42.5 Å². The first-order valence-electron chi connectivity index (χ1n) is 10.5. The topological polar surface area (TPSA) is 47.9 Å². The Bertz CT molecular complexity index is 1150. The summed E-state index contributed by atoms with van der Waals surface area (Å²) in [7, 11) is 4.65. The van der Waals surface area contributed by atoms with Crippen LogP contribution >= 0.6 is 12.2 Å². The van der Waals surface area contributed by atoms with E-state index in [2.05, 4.69) is 9.88 Å². The largest absolute Gasteiger partial charge is 0.493 e. The number of anilines is 1. The van der Waals surface area contributed by atoms with Crippen LogP contribution in [0.2, 0.25) is 0 Å². The summed E-state index contributed by atoms with van der Waals surface area (Å²) in [5.74, 6) is 1.51. The van der Waals surface area contributed by atoms with Crippen molar-refractivity contribution in [2.75, 3.05) is 33.2 Å². The minimum Gasteiger partial charge on any atom is -0.493 e. The number of hydrogen-bond donors (Lipinski definition) is 1. The van der Waals surface area contributed by atoms with Crippen LogP contribution in [0.15, 0.2) is 54.7 Å². The van der Waals surface area contributed by atoms with Gasteiger partial charge in [-0.25, -0.2) is 0 Å².